The van der Waals surface area contributed by atoms with E-state index >= 15 is 0 Å². The minimum atomic E-state index is -0.780. The molecule has 102 valence electrons. The van der Waals surface area contributed by atoms with E-state index in [1.807, 2.05) is 31.2 Å². The zero-order valence-corrected chi connectivity index (χ0v) is 11.1. The first kappa shape index (κ1) is 13.9. The lowest BCUT2D eigenvalue weighted by Crippen LogP contribution is -2.34. The smallest absolute Gasteiger partial charge is 0.119 e. The maximum Gasteiger partial charge on any atom is 0.119 e. The first-order valence-electron chi connectivity index (χ1n) is 6.61. The summed E-state index contributed by atoms with van der Waals surface area (Å²) in [5, 5.41) is 19.9. The van der Waals surface area contributed by atoms with Crippen molar-refractivity contribution >= 4 is 0 Å². The Morgan fingerprint density at radius 3 is 2.53 bits per heavy atom. The standard InChI is InChI=1S/C15H19NO3/c1-2-19-13-5-3-12(4-6-13)14(17)15(11-16)7-9-18-10-8-15/h3-6,14,17H,2,7-10H2,1H3. The van der Waals surface area contributed by atoms with Crippen LogP contribution in [0.1, 0.15) is 31.4 Å². The van der Waals surface area contributed by atoms with Gasteiger partial charge in [-0.15, -0.1) is 0 Å². The number of benzene rings is 1. The molecule has 0 saturated carbocycles. The Kier molecular flexibility index (Phi) is 4.41. The second-order valence-electron chi connectivity index (χ2n) is 4.78. The highest BCUT2D eigenvalue weighted by Gasteiger charge is 2.40. The largest absolute Gasteiger partial charge is 0.494 e. The molecule has 1 aromatic carbocycles. The van der Waals surface area contributed by atoms with E-state index in [0.717, 1.165) is 11.3 Å². The van der Waals surface area contributed by atoms with Gasteiger partial charge in [0, 0.05) is 13.2 Å². The summed E-state index contributed by atoms with van der Waals surface area (Å²) in [6, 6.07) is 9.59. The molecule has 1 heterocycles. The van der Waals surface area contributed by atoms with Gasteiger partial charge in [0.15, 0.2) is 0 Å². The monoisotopic (exact) mass is 261 g/mol. The second-order valence-corrected chi connectivity index (χ2v) is 4.78. The summed E-state index contributed by atoms with van der Waals surface area (Å²) in [5.41, 5.74) is 0.0256. The van der Waals surface area contributed by atoms with E-state index < -0.39 is 11.5 Å². The predicted molar refractivity (Wildman–Crippen MR) is 70.7 cm³/mol. The van der Waals surface area contributed by atoms with Crippen molar-refractivity contribution in [3.05, 3.63) is 29.8 Å². The van der Waals surface area contributed by atoms with E-state index in [9.17, 15) is 10.4 Å². The number of ether oxygens (including phenoxy) is 2. The molecule has 4 nitrogen and oxygen atoms in total. The Bertz CT molecular complexity index is 443. The van der Waals surface area contributed by atoms with Gasteiger partial charge in [-0.3, -0.25) is 0 Å². The van der Waals surface area contributed by atoms with Crippen molar-refractivity contribution in [2.45, 2.75) is 25.9 Å². The third kappa shape index (κ3) is 2.89. The van der Waals surface area contributed by atoms with Crippen LogP contribution in [0.2, 0.25) is 0 Å². The third-order valence-electron chi connectivity index (χ3n) is 3.64. The molecule has 1 saturated heterocycles. The van der Waals surface area contributed by atoms with Crippen LogP contribution in [0.3, 0.4) is 0 Å². The fraction of sp³-hybridized carbons (Fsp3) is 0.533. The molecule has 1 aromatic rings. The summed E-state index contributed by atoms with van der Waals surface area (Å²) in [6.07, 6.45) is 0.354. The highest BCUT2D eigenvalue weighted by Crippen LogP contribution is 2.42. The minimum Gasteiger partial charge on any atom is -0.494 e. The highest BCUT2D eigenvalue weighted by molar-refractivity contribution is 5.30. The second kappa shape index (κ2) is 6.05. The van der Waals surface area contributed by atoms with Crippen LogP contribution in [0.4, 0.5) is 0 Å². The number of nitriles is 1. The molecular formula is C15H19NO3. The molecule has 0 radical (unpaired) electrons. The first-order chi connectivity index (χ1) is 9.22. The Labute approximate surface area is 113 Å². The average molecular weight is 261 g/mol. The molecule has 4 heteroatoms. The average Bonchev–Trinajstić information content (AvgIpc) is 2.48. The SMILES string of the molecule is CCOc1ccc(C(O)C2(C#N)CCOCC2)cc1. The van der Waals surface area contributed by atoms with Crippen LogP contribution in [0, 0.1) is 16.7 Å². The number of rotatable bonds is 4. The Balaban J connectivity index is 2.17. The van der Waals surface area contributed by atoms with Gasteiger partial charge in [-0.25, -0.2) is 0 Å². The number of aliphatic hydroxyl groups is 1. The summed E-state index contributed by atoms with van der Waals surface area (Å²) in [7, 11) is 0. The predicted octanol–water partition coefficient (Wildman–Crippen LogP) is 2.44. The van der Waals surface area contributed by atoms with E-state index in [2.05, 4.69) is 6.07 Å². The molecule has 0 bridgehead atoms. The maximum atomic E-state index is 10.5. The molecule has 0 spiro atoms. The van der Waals surface area contributed by atoms with E-state index in [1.54, 1.807) is 0 Å². The lowest BCUT2D eigenvalue weighted by atomic mass is 9.74. The van der Waals surface area contributed by atoms with Gasteiger partial charge in [0.25, 0.3) is 0 Å². The molecule has 19 heavy (non-hydrogen) atoms. The van der Waals surface area contributed by atoms with Gasteiger partial charge < -0.3 is 14.6 Å². The zero-order chi connectivity index (χ0) is 13.7. The lowest BCUT2D eigenvalue weighted by molar-refractivity contribution is -0.0310. The van der Waals surface area contributed by atoms with Crippen molar-refractivity contribution in [2.75, 3.05) is 19.8 Å². The van der Waals surface area contributed by atoms with Crippen LogP contribution in [0.25, 0.3) is 0 Å². The Morgan fingerprint density at radius 1 is 1.37 bits per heavy atom. The third-order valence-corrected chi connectivity index (χ3v) is 3.64. The van der Waals surface area contributed by atoms with Gasteiger partial charge in [0.2, 0.25) is 0 Å². The fourth-order valence-electron chi connectivity index (χ4n) is 2.41. The Hall–Kier alpha value is -1.57. The molecule has 1 unspecified atom stereocenters. The summed E-state index contributed by atoms with van der Waals surface area (Å²) in [4.78, 5) is 0. The van der Waals surface area contributed by atoms with Gasteiger partial charge in [-0.1, -0.05) is 12.1 Å². The molecule has 1 fully saturated rings. The molecule has 1 atom stereocenters. The van der Waals surface area contributed by atoms with Crippen molar-refractivity contribution in [3.63, 3.8) is 0 Å². The molecule has 0 amide bonds. The van der Waals surface area contributed by atoms with E-state index in [-0.39, 0.29) is 0 Å². The van der Waals surface area contributed by atoms with Gasteiger partial charge in [-0.05, 0) is 37.5 Å². The van der Waals surface area contributed by atoms with Crippen molar-refractivity contribution in [3.8, 4) is 11.8 Å². The highest BCUT2D eigenvalue weighted by atomic mass is 16.5. The molecule has 0 aliphatic carbocycles. The van der Waals surface area contributed by atoms with Crippen molar-refractivity contribution in [1.82, 2.24) is 0 Å². The molecular weight excluding hydrogens is 242 g/mol. The van der Waals surface area contributed by atoms with Gasteiger partial charge in [-0.2, -0.15) is 5.26 Å². The van der Waals surface area contributed by atoms with Crippen LogP contribution in [-0.4, -0.2) is 24.9 Å². The molecule has 0 aromatic heterocycles. The molecule has 1 aliphatic rings. The quantitative estimate of drug-likeness (QED) is 0.904. The molecule has 1 aliphatic heterocycles. The molecule has 2 rings (SSSR count). The van der Waals surface area contributed by atoms with E-state index in [1.165, 1.54) is 0 Å². The van der Waals surface area contributed by atoms with Crippen molar-refractivity contribution in [2.24, 2.45) is 5.41 Å². The van der Waals surface area contributed by atoms with E-state index in [0.29, 0.717) is 32.7 Å². The van der Waals surface area contributed by atoms with Crippen LogP contribution in [-0.2, 0) is 4.74 Å². The first-order valence-corrected chi connectivity index (χ1v) is 6.61. The summed E-state index contributed by atoms with van der Waals surface area (Å²) < 4.78 is 10.7. The fourth-order valence-corrected chi connectivity index (χ4v) is 2.41. The normalized spacial score (nSPS) is 19.4. The number of hydrogen-bond donors (Lipinski definition) is 1. The van der Waals surface area contributed by atoms with Gasteiger partial charge in [0.05, 0.1) is 24.2 Å². The Morgan fingerprint density at radius 2 is 2.00 bits per heavy atom. The summed E-state index contributed by atoms with van der Waals surface area (Å²) in [5.74, 6) is 0.774. The minimum absolute atomic E-state index is 0.529. The van der Waals surface area contributed by atoms with Gasteiger partial charge >= 0.3 is 0 Å². The number of hydrogen-bond acceptors (Lipinski definition) is 4. The van der Waals surface area contributed by atoms with E-state index in [4.69, 9.17) is 9.47 Å². The summed E-state index contributed by atoms with van der Waals surface area (Å²) >= 11 is 0. The topological polar surface area (TPSA) is 62.5 Å². The number of nitrogens with zero attached hydrogens (tertiary/aromatic N) is 1. The number of aliphatic hydroxyl groups excluding tert-OH is 1. The van der Waals surface area contributed by atoms with Crippen molar-refractivity contribution in [1.29, 1.82) is 5.26 Å². The maximum absolute atomic E-state index is 10.5. The van der Waals surface area contributed by atoms with Gasteiger partial charge in [0.1, 0.15) is 5.75 Å². The van der Waals surface area contributed by atoms with Crippen LogP contribution < -0.4 is 4.74 Å². The molecule has 1 N–H and O–H groups in total. The zero-order valence-electron chi connectivity index (χ0n) is 11.1. The summed E-state index contributed by atoms with van der Waals surface area (Å²) in [6.45, 7) is 3.60. The lowest BCUT2D eigenvalue weighted by Gasteiger charge is -2.35. The van der Waals surface area contributed by atoms with Crippen LogP contribution >= 0.6 is 0 Å². The van der Waals surface area contributed by atoms with Crippen LogP contribution in [0.15, 0.2) is 24.3 Å². The van der Waals surface area contributed by atoms with Crippen molar-refractivity contribution < 1.29 is 14.6 Å². The van der Waals surface area contributed by atoms with Crippen LogP contribution in [0.5, 0.6) is 5.75 Å².